The number of amides is 1. The Labute approximate surface area is 147 Å². The largest absolute Gasteiger partial charge is 0.361 e. The highest BCUT2D eigenvalue weighted by Gasteiger charge is 2.52. The number of aromatic amines is 1. The molecule has 5 heteroatoms. The van der Waals surface area contributed by atoms with Gasteiger partial charge in [0.05, 0.1) is 5.41 Å². The van der Waals surface area contributed by atoms with Gasteiger partial charge in [0, 0.05) is 27.3 Å². The standard InChI is InChI=1S/C19H16BrFN2O/c1-11-8-13(3-4-16(11)20)23-18(24)19(6-7-19)15-10-22-17-5-2-12(21)9-14(15)17/h2-5,8-10,22H,6-7H2,1H3,(H,23,24). The number of hydrogen-bond donors (Lipinski definition) is 2. The maximum atomic E-state index is 13.6. The summed E-state index contributed by atoms with van der Waals surface area (Å²) < 4.78 is 14.6. The highest BCUT2D eigenvalue weighted by atomic mass is 79.9. The number of rotatable bonds is 3. The summed E-state index contributed by atoms with van der Waals surface area (Å²) in [5.41, 5.74) is 3.01. The Morgan fingerprint density at radius 3 is 2.75 bits per heavy atom. The molecule has 1 heterocycles. The van der Waals surface area contributed by atoms with E-state index >= 15 is 0 Å². The molecule has 122 valence electrons. The van der Waals surface area contributed by atoms with Gasteiger partial charge in [0.25, 0.3) is 0 Å². The maximum absolute atomic E-state index is 13.6. The van der Waals surface area contributed by atoms with E-state index in [-0.39, 0.29) is 11.7 Å². The summed E-state index contributed by atoms with van der Waals surface area (Å²) in [5, 5.41) is 3.80. The Kier molecular flexibility index (Phi) is 3.49. The van der Waals surface area contributed by atoms with Crippen LogP contribution in [0.3, 0.4) is 0 Å². The van der Waals surface area contributed by atoms with Gasteiger partial charge in [-0.15, -0.1) is 0 Å². The van der Waals surface area contributed by atoms with Crippen molar-refractivity contribution in [2.75, 3.05) is 5.32 Å². The van der Waals surface area contributed by atoms with Crippen molar-refractivity contribution in [3.8, 4) is 0 Å². The number of aromatic nitrogens is 1. The van der Waals surface area contributed by atoms with Gasteiger partial charge in [-0.2, -0.15) is 0 Å². The van der Waals surface area contributed by atoms with Crippen LogP contribution in [0.1, 0.15) is 24.0 Å². The van der Waals surface area contributed by atoms with Crippen molar-refractivity contribution in [3.05, 3.63) is 64.0 Å². The van der Waals surface area contributed by atoms with Crippen LogP contribution in [-0.4, -0.2) is 10.9 Å². The van der Waals surface area contributed by atoms with Crippen molar-refractivity contribution < 1.29 is 9.18 Å². The summed E-state index contributed by atoms with van der Waals surface area (Å²) in [6.45, 7) is 1.98. The van der Waals surface area contributed by atoms with Crippen molar-refractivity contribution in [2.24, 2.45) is 0 Å². The van der Waals surface area contributed by atoms with Crippen LogP contribution in [0.15, 0.2) is 47.1 Å². The van der Waals surface area contributed by atoms with Crippen LogP contribution in [0.25, 0.3) is 10.9 Å². The van der Waals surface area contributed by atoms with E-state index in [1.807, 2.05) is 31.3 Å². The Morgan fingerprint density at radius 1 is 1.25 bits per heavy atom. The molecule has 1 aliphatic rings. The number of halogens is 2. The molecule has 2 N–H and O–H groups in total. The number of fused-ring (bicyclic) bond motifs is 1. The van der Waals surface area contributed by atoms with Gasteiger partial charge in [0.15, 0.2) is 0 Å². The van der Waals surface area contributed by atoms with Crippen LogP contribution >= 0.6 is 15.9 Å². The maximum Gasteiger partial charge on any atom is 0.235 e. The number of carbonyl (C=O) groups is 1. The van der Waals surface area contributed by atoms with E-state index in [1.165, 1.54) is 12.1 Å². The first-order valence-electron chi connectivity index (χ1n) is 7.84. The molecule has 0 unspecified atom stereocenters. The van der Waals surface area contributed by atoms with Crippen molar-refractivity contribution in [3.63, 3.8) is 0 Å². The minimum Gasteiger partial charge on any atom is -0.361 e. The molecule has 0 atom stereocenters. The number of nitrogens with one attached hydrogen (secondary N) is 2. The zero-order chi connectivity index (χ0) is 16.9. The molecule has 1 aromatic heterocycles. The van der Waals surface area contributed by atoms with Gasteiger partial charge in [-0.3, -0.25) is 4.79 Å². The number of aryl methyl sites for hydroxylation is 1. The predicted molar refractivity (Wildman–Crippen MR) is 96.7 cm³/mol. The molecule has 24 heavy (non-hydrogen) atoms. The Hall–Kier alpha value is -2.14. The fourth-order valence-electron chi connectivity index (χ4n) is 3.21. The van der Waals surface area contributed by atoms with E-state index < -0.39 is 5.41 Å². The first kappa shape index (κ1) is 15.4. The van der Waals surface area contributed by atoms with E-state index in [4.69, 9.17) is 0 Å². The molecular weight excluding hydrogens is 371 g/mol. The van der Waals surface area contributed by atoms with Crippen LogP contribution in [0, 0.1) is 12.7 Å². The Balaban J connectivity index is 1.68. The van der Waals surface area contributed by atoms with Crippen molar-refractivity contribution in [1.29, 1.82) is 0 Å². The summed E-state index contributed by atoms with van der Waals surface area (Å²) in [7, 11) is 0. The number of H-pyrrole nitrogens is 1. The fraction of sp³-hybridized carbons (Fsp3) is 0.211. The van der Waals surface area contributed by atoms with Crippen LogP contribution in [-0.2, 0) is 10.2 Å². The first-order chi connectivity index (χ1) is 11.5. The molecule has 1 aliphatic carbocycles. The van der Waals surface area contributed by atoms with Crippen LogP contribution < -0.4 is 5.32 Å². The zero-order valence-corrected chi connectivity index (χ0v) is 14.7. The van der Waals surface area contributed by atoms with E-state index in [1.54, 1.807) is 6.07 Å². The lowest BCUT2D eigenvalue weighted by Crippen LogP contribution is -2.27. The summed E-state index contributed by atoms with van der Waals surface area (Å²) in [4.78, 5) is 16.0. The van der Waals surface area contributed by atoms with Gasteiger partial charge >= 0.3 is 0 Å². The van der Waals surface area contributed by atoms with Gasteiger partial charge in [-0.25, -0.2) is 4.39 Å². The molecule has 1 fully saturated rings. The molecule has 0 saturated heterocycles. The lowest BCUT2D eigenvalue weighted by Gasteiger charge is -2.15. The number of anilines is 1. The van der Waals surface area contributed by atoms with Crippen molar-refractivity contribution in [1.82, 2.24) is 4.98 Å². The van der Waals surface area contributed by atoms with Crippen LogP contribution in [0.2, 0.25) is 0 Å². The summed E-state index contributed by atoms with van der Waals surface area (Å²) >= 11 is 3.46. The van der Waals surface area contributed by atoms with E-state index in [0.717, 1.165) is 45.0 Å². The fourth-order valence-corrected chi connectivity index (χ4v) is 3.45. The monoisotopic (exact) mass is 386 g/mol. The van der Waals surface area contributed by atoms with Gasteiger partial charge < -0.3 is 10.3 Å². The second-order valence-electron chi connectivity index (χ2n) is 6.39. The molecule has 4 rings (SSSR count). The van der Waals surface area contributed by atoms with Gasteiger partial charge in [0.2, 0.25) is 5.91 Å². The first-order valence-corrected chi connectivity index (χ1v) is 8.64. The number of hydrogen-bond acceptors (Lipinski definition) is 1. The Bertz CT molecular complexity index is 959. The molecule has 1 amide bonds. The molecule has 3 aromatic rings. The highest BCUT2D eigenvalue weighted by Crippen LogP contribution is 2.51. The van der Waals surface area contributed by atoms with E-state index in [0.29, 0.717) is 0 Å². The van der Waals surface area contributed by atoms with Crippen molar-refractivity contribution in [2.45, 2.75) is 25.2 Å². The molecule has 0 radical (unpaired) electrons. The van der Waals surface area contributed by atoms with Crippen LogP contribution in [0.5, 0.6) is 0 Å². The highest BCUT2D eigenvalue weighted by molar-refractivity contribution is 9.10. The minimum atomic E-state index is -0.562. The summed E-state index contributed by atoms with van der Waals surface area (Å²) in [6.07, 6.45) is 3.39. The summed E-state index contributed by atoms with van der Waals surface area (Å²) in [6, 6.07) is 10.4. The second kappa shape index (κ2) is 5.45. The van der Waals surface area contributed by atoms with Crippen LogP contribution in [0.4, 0.5) is 10.1 Å². The van der Waals surface area contributed by atoms with Gasteiger partial charge in [0.1, 0.15) is 5.82 Å². The van der Waals surface area contributed by atoms with Gasteiger partial charge in [-0.1, -0.05) is 15.9 Å². The normalized spacial score (nSPS) is 15.5. The molecule has 0 bridgehead atoms. The third-order valence-electron chi connectivity index (χ3n) is 4.76. The van der Waals surface area contributed by atoms with Crippen molar-refractivity contribution >= 4 is 38.4 Å². The minimum absolute atomic E-state index is 0.0330. The third kappa shape index (κ3) is 2.44. The number of carbonyl (C=O) groups excluding carboxylic acids is 1. The van der Waals surface area contributed by atoms with E-state index in [2.05, 4.69) is 26.2 Å². The molecule has 1 saturated carbocycles. The lowest BCUT2D eigenvalue weighted by molar-refractivity contribution is -0.118. The predicted octanol–water partition coefficient (Wildman–Crippen LogP) is 5.05. The Morgan fingerprint density at radius 2 is 2.04 bits per heavy atom. The SMILES string of the molecule is Cc1cc(NC(=O)C2(c3c[nH]c4ccc(F)cc34)CC2)ccc1Br. The molecule has 0 aliphatic heterocycles. The van der Waals surface area contributed by atoms with E-state index in [9.17, 15) is 9.18 Å². The molecule has 3 nitrogen and oxygen atoms in total. The lowest BCUT2D eigenvalue weighted by atomic mass is 9.94. The second-order valence-corrected chi connectivity index (χ2v) is 7.25. The van der Waals surface area contributed by atoms with Gasteiger partial charge in [-0.05, 0) is 67.3 Å². The topological polar surface area (TPSA) is 44.9 Å². The molecular formula is C19H16BrFN2O. The number of benzene rings is 2. The molecule has 2 aromatic carbocycles. The quantitative estimate of drug-likeness (QED) is 0.649. The third-order valence-corrected chi connectivity index (χ3v) is 5.65. The zero-order valence-electron chi connectivity index (χ0n) is 13.1. The average Bonchev–Trinajstić information content (AvgIpc) is 3.25. The smallest absolute Gasteiger partial charge is 0.235 e. The summed E-state index contributed by atoms with van der Waals surface area (Å²) in [5.74, 6) is -0.322. The molecule has 0 spiro atoms. The average molecular weight is 387 g/mol.